The minimum Gasteiger partial charge on any atom is -0.351 e. The average molecular weight is 243 g/mol. The summed E-state index contributed by atoms with van der Waals surface area (Å²) in [5.41, 5.74) is 0. The molecule has 1 fully saturated rings. The Labute approximate surface area is 100 Å². The van der Waals surface area contributed by atoms with Gasteiger partial charge in [0.15, 0.2) is 11.6 Å². The predicted octanol–water partition coefficient (Wildman–Crippen LogP) is 3.21. The van der Waals surface area contributed by atoms with Crippen molar-refractivity contribution in [3.63, 3.8) is 0 Å². The second-order valence-corrected chi connectivity index (χ2v) is 4.51. The topological polar surface area (TPSA) is 16.1 Å². The van der Waals surface area contributed by atoms with Gasteiger partial charge in [-0.2, -0.15) is 0 Å². The molecule has 1 aromatic heterocycles. The Hall–Kier alpha value is -0.830. The minimum absolute atomic E-state index is 0.232. The van der Waals surface area contributed by atoms with E-state index in [1.54, 1.807) is 12.3 Å². The number of aromatic nitrogens is 1. The molecule has 0 aliphatic carbocycles. The van der Waals surface area contributed by atoms with Crippen LogP contribution in [0.15, 0.2) is 18.3 Å². The number of hydrogen-bond donors (Lipinski definition) is 0. The van der Waals surface area contributed by atoms with Gasteiger partial charge < -0.3 is 4.90 Å². The van der Waals surface area contributed by atoms with Gasteiger partial charge in [-0.25, -0.2) is 9.37 Å². The van der Waals surface area contributed by atoms with Crippen LogP contribution in [-0.2, 0) is 0 Å². The molecule has 0 spiro atoms. The number of alkyl halides is 1. The SMILES string of the molecule is Fc1cccnc1N1CCCCC1CCCl. The third kappa shape index (κ3) is 2.46. The molecular weight excluding hydrogens is 227 g/mol. The standard InChI is InChI=1S/C12H16ClFN2/c13-7-6-10-4-1-2-9-16(10)12-11(14)5-3-8-15-12/h3,5,8,10H,1-2,4,6-7,9H2. The van der Waals surface area contributed by atoms with Crippen LogP contribution in [0.25, 0.3) is 0 Å². The van der Waals surface area contributed by atoms with Gasteiger partial charge in [-0.1, -0.05) is 0 Å². The Kier molecular flexibility index (Phi) is 3.99. The number of pyridine rings is 1. The van der Waals surface area contributed by atoms with Crippen LogP contribution in [0.1, 0.15) is 25.7 Å². The summed E-state index contributed by atoms with van der Waals surface area (Å²) in [6, 6.07) is 3.43. The van der Waals surface area contributed by atoms with E-state index in [1.807, 2.05) is 0 Å². The Morgan fingerprint density at radius 3 is 3.12 bits per heavy atom. The largest absolute Gasteiger partial charge is 0.351 e. The van der Waals surface area contributed by atoms with E-state index in [9.17, 15) is 4.39 Å². The van der Waals surface area contributed by atoms with Gasteiger partial charge >= 0.3 is 0 Å². The monoisotopic (exact) mass is 242 g/mol. The lowest BCUT2D eigenvalue weighted by molar-refractivity contribution is 0.440. The van der Waals surface area contributed by atoms with Crippen molar-refractivity contribution in [2.45, 2.75) is 31.7 Å². The van der Waals surface area contributed by atoms with Crippen LogP contribution < -0.4 is 4.90 Å². The van der Waals surface area contributed by atoms with Crippen molar-refractivity contribution in [3.05, 3.63) is 24.1 Å². The molecular formula is C12H16ClFN2. The van der Waals surface area contributed by atoms with Crippen LogP contribution in [0.5, 0.6) is 0 Å². The summed E-state index contributed by atoms with van der Waals surface area (Å²) in [5, 5.41) is 0. The Morgan fingerprint density at radius 2 is 2.38 bits per heavy atom. The van der Waals surface area contributed by atoms with Crippen LogP contribution >= 0.6 is 11.6 Å². The normalized spacial score (nSPS) is 21.1. The van der Waals surface area contributed by atoms with E-state index in [4.69, 9.17) is 11.6 Å². The van der Waals surface area contributed by atoms with Crippen LogP contribution in [0.4, 0.5) is 10.2 Å². The van der Waals surface area contributed by atoms with E-state index < -0.39 is 0 Å². The Morgan fingerprint density at radius 1 is 1.50 bits per heavy atom. The van der Waals surface area contributed by atoms with E-state index in [-0.39, 0.29) is 5.82 Å². The van der Waals surface area contributed by atoms with Crippen molar-refractivity contribution in [2.24, 2.45) is 0 Å². The summed E-state index contributed by atoms with van der Waals surface area (Å²) in [6.07, 6.45) is 5.94. The quantitative estimate of drug-likeness (QED) is 0.757. The Balaban J connectivity index is 2.19. The molecule has 2 rings (SSSR count). The first-order chi connectivity index (χ1) is 7.83. The number of nitrogens with zero attached hydrogens (tertiary/aromatic N) is 2. The average Bonchev–Trinajstić information content (AvgIpc) is 2.31. The fourth-order valence-electron chi connectivity index (χ4n) is 2.29. The molecule has 2 heterocycles. The van der Waals surface area contributed by atoms with Gasteiger partial charge in [-0.05, 0) is 37.8 Å². The maximum Gasteiger partial charge on any atom is 0.165 e. The first-order valence-electron chi connectivity index (χ1n) is 5.76. The second kappa shape index (κ2) is 5.48. The molecule has 1 saturated heterocycles. The molecule has 0 amide bonds. The zero-order chi connectivity index (χ0) is 11.4. The van der Waals surface area contributed by atoms with Crippen LogP contribution in [-0.4, -0.2) is 23.5 Å². The van der Waals surface area contributed by atoms with Crippen LogP contribution in [0, 0.1) is 5.82 Å². The lowest BCUT2D eigenvalue weighted by atomic mass is 10.00. The summed E-state index contributed by atoms with van der Waals surface area (Å²) >= 11 is 5.79. The van der Waals surface area contributed by atoms with Crippen molar-refractivity contribution >= 4 is 17.4 Å². The first kappa shape index (κ1) is 11.6. The zero-order valence-corrected chi connectivity index (χ0v) is 9.96. The molecule has 4 heteroatoms. The molecule has 0 bridgehead atoms. The number of anilines is 1. The maximum atomic E-state index is 13.7. The summed E-state index contributed by atoms with van der Waals surface area (Å²) < 4.78 is 13.7. The predicted molar refractivity (Wildman–Crippen MR) is 64.5 cm³/mol. The summed E-state index contributed by atoms with van der Waals surface area (Å²) in [4.78, 5) is 6.21. The van der Waals surface area contributed by atoms with E-state index in [0.29, 0.717) is 17.7 Å². The molecule has 0 N–H and O–H groups in total. The van der Waals surface area contributed by atoms with Gasteiger partial charge in [-0.15, -0.1) is 11.6 Å². The lowest BCUT2D eigenvalue weighted by Gasteiger charge is -2.36. The third-order valence-electron chi connectivity index (χ3n) is 3.08. The van der Waals surface area contributed by atoms with Crippen molar-refractivity contribution in [1.82, 2.24) is 4.98 Å². The fraction of sp³-hybridized carbons (Fsp3) is 0.583. The van der Waals surface area contributed by atoms with Crippen LogP contribution in [0.2, 0.25) is 0 Å². The molecule has 2 nitrogen and oxygen atoms in total. The summed E-state index contributed by atoms with van der Waals surface area (Å²) in [5.74, 6) is 0.872. The molecule has 0 saturated carbocycles. The summed E-state index contributed by atoms with van der Waals surface area (Å²) in [7, 11) is 0. The van der Waals surface area contributed by atoms with Gasteiger partial charge in [-0.3, -0.25) is 0 Å². The van der Waals surface area contributed by atoms with E-state index in [1.165, 1.54) is 12.5 Å². The second-order valence-electron chi connectivity index (χ2n) is 4.13. The number of hydrogen-bond acceptors (Lipinski definition) is 2. The minimum atomic E-state index is -0.232. The molecule has 1 aromatic rings. The highest BCUT2D eigenvalue weighted by Crippen LogP contribution is 2.26. The maximum absolute atomic E-state index is 13.7. The van der Waals surface area contributed by atoms with Gasteiger partial charge in [0.1, 0.15) is 0 Å². The van der Waals surface area contributed by atoms with E-state index in [0.717, 1.165) is 25.8 Å². The molecule has 88 valence electrons. The zero-order valence-electron chi connectivity index (χ0n) is 9.20. The molecule has 1 aliphatic rings. The van der Waals surface area contributed by atoms with Gasteiger partial charge in [0.2, 0.25) is 0 Å². The van der Waals surface area contributed by atoms with Crippen molar-refractivity contribution < 1.29 is 4.39 Å². The molecule has 1 unspecified atom stereocenters. The molecule has 16 heavy (non-hydrogen) atoms. The number of piperidine rings is 1. The highest BCUT2D eigenvalue weighted by Gasteiger charge is 2.24. The molecule has 1 aliphatic heterocycles. The Bertz CT molecular complexity index is 344. The van der Waals surface area contributed by atoms with E-state index >= 15 is 0 Å². The van der Waals surface area contributed by atoms with Crippen molar-refractivity contribution in [3.8, 4) is 0 Å². The van der Waals surface area contributed by atoms with Crippen molar-refractivity contribution in [1.29, 1.82) is 0 Å². The first-order valence-corrected chi connectivity index (χ1v) is 6.29. The highest BCUT2D eigenvalue weighted by molar-refractivity contribution is 6.17. The third-order valence-corrected chi connectivity index (χ3v) is 3.30. The molecule has 0 aromatic carbocycles. The number of halogens is 2. The highest BCUT2D eigenvalue weighted by atomic mass is 35.5. The fourth-order valence-corrected chi connectivity index (χ4v) is 2.55. The smallest absolute Gasteiger partial charge is 0.165 e. The molecule has 0 radical (unpaired) electrons. The van der Waals surface area contributed by atoms with Gasteiger partial charge in [0, 0.05) is 24.7 Å². The van der Waals surface area contributed by atoms with Crippen LogP contribution in [0.3, 0.4) is 0 Å². The molecule has 1 atom stereocenters. The van der Waals surface area contributed by atoms with E-state index in [2.05, 4.69) is 9.88 Å². The number of rotatable bonds is 3. The lowest BCUT2D eigenvalue weighted by Crippen LogP contribution is -2.40. The van der Waals surface area contributed by atoms with Gasteiger partial charge in [0.05, 0.1) is 0 Å². The van der Waals surface area contributed by atoms with Crippen molar-refractivity contribution in [2.75, 3.05) is 17.3 Å². The van der Waals surface area contributed by atoms with Gasteiger partial charge in [0.25, 0.3) is 0 Å². The summed E-state index contributed by atoms with van der Waals surface area (Å²) in [6.45, 7) is 0.884.